The molecular formula is C27H22N2. The van der Waals surface area contributed by atoms with Crippen LogP contribution in [0, 0.1) is 0 Å². The zero-order chi connectivity index (χ0) is 19.8. The summed E-state index contributed by atoms with van der Waals surface area (Å²) in [6.07, 6.45) is 1.93. The Balaban J connectivity index is 1.68. The molecule has 0 atom stereocenters. The highest BCUT2D eigenvalue weighted by atomic mass is 14.9. The SMILES string of the molecule is CC(C)(C)c1ccnc(-c2ccc3c(c2)c2cccc4c5ccccc5n3c42)c1. The number of pyridine rings is 1. The number of aromatic nitrogens is 2. The van der Waals surface area contributed by atoms with Gasteiger partial charge in [-0.05, 0) is 41.3 Å². The summed E-state index contributed by atoms with van der Waals surface area (Å²) in [5, 5.41) is 5.24. The van der Waals surface area contributed by atoms with Gasteiger partial charge in [0.05, 0.1) is 22.2 Å². The van der Waals surface area contributed by atoms with Crippen molar-refractivity contribution in [3.63, 3.8) is 0 Å². The lowest BCUT2D eigenvalue weighted by Crippen LogP contribution is -2.11. The van der Waals surface area contributed by atoms with Crippen LogP contribution in [0.3, 0.4) is 0 Å². The molecule has 29 heavy (non-hydrogen) atoms. The summed E-state index contributed by atoms with van der Waals surface area (Å²) < 4.78 is 2.41. The Hall–Kier alpha value is -3.39. The van der Waals surface area contributed by atoms with Gasteiger partial charge in [0.25, 0.3) is 0 Å². The predicted molar refractivity (Wildman–Crippen MR) is 123 cm³/mol. The molecule has 0 fully saturated rings. The molecule has 0 aliphatic carbocycles. The van der Waals surface area contributed by atoms with E-state index in [1.54, 1.807) is 0 Å². The third-order valence-corrected chi connectivity index (χ3v) is 6.14. The molecule has 3 aromatic carbocycles. The second kappa shape index (κ2) is 5.57. The van der Waals surface area contributed by atoms with Crippen molar-refractivity contribution < 1.29 is 0 Å². The largest absolute Gasteiger partial charge is 0.308 e. The van der Waals surface area contributed by atoms with Gasteiger partial charge in [0, 0.05) is 33.3 Å². The molecule has 0 saturated carbocycles. The molecule has 3 heterocycles. The Morgan fingerprint density at radius 1 is 0.690 bits per heavy atom. The van der Waals surface area contributed by atoms with Crippen LogP contribution in [0.25, 0.3) is 49.4 Å². The third-order valence-electron chi connectivity index (χ3n) is 6.14. The minimum atomic E-state index is 0.108. The summed E-state index contributed by atoms with van der Waals surface area (Å²) in [6, 6.07) is 26.5. The maximum absolute atomic E-state index is 4.68. The van der Waals surface area contributed by atoms with Crippen LogP contribution in [0.15, 0.2) is 79.0 Å². The van der Waals surface area contributed by atoms with Gasteiger partial charge >= 0.3 is 0 Å². The first-order valence-corrected chi connectivity index (χ1v) is 10.2. The van der Waals surface area contributed by atoms with Crippen molar-refractivity contribution in [1.29, 1.82) is 0 Å². The second-order valence-electron chi connectivity index (χ2n) is 8.97. The number of nitrogens with zero attached hydrogens (tertiary/aromatic N) is 2. The summed E-state index contributed by atoms with van der Waals surface area (Å²) >= 11 is 0. The maximum atomic E-state index is 4.68. The Morgan fingerprint density at radius 2 is 1.41 bits per heavy atom. The van der Waals surface area contributed by atoms with E-state index in [-0.39, 0.29) is 5.41 Å². The average Bonchev–Trinajstić information content (AvgIpc) is 3.25. The summed E-state index contributed by atoms with van der Waals surface area (Å²) in [4.78, 5) is 4.68. The fourth-order valence-corrected chi connectivity index (χ4v) is 4.65. The van der Waals surface area contributed by atoms with Gasteiger partial charge in [0.1, 0.15) is 0 Å². The van der Waals surface area contributed by atoms with E-state index in [2.05, 4.69) is 103 Å². The molecule has 2 nitrogen and oxygen atoms in total. The van der Waals surface area contributed by atoms with Crippen molar-refractivity contribution in [1.82, 2.24) is 9.38 Å². The van der Waals surface area contributed by atoms with Gasteiger partial charge in [-0.15, -0.1) is 0 Å². The zero-order valence-corrected chi connectivity index (χ0v) is 16.9. The first kappa shape index (κ1) is 16.6. The van der Waals surface area contributed by atoms with E-state index in [1.807, 2.05) is 6.20 Å². The average molecular weight is 374 g/mol. The molecule has 140 valence electrons. The molecule has 0 saturated heterocycles. The van der Waals surface area contributed by atoms with Crippen LogP contribution in [0.2, 0.25) is 0 Å². The molecule has 0 amide bonds. The van der Waals surface area contributed by atoms with Crippen LogP contribution in [0.1, 0.15) is 26.3 Å². The lowest BCUT2D eigenvalue weighted by Gasteiger charge is -2.19. The standard InChI is InChI=1S/C27H22N2/c1-27(2,3)18-13-14-28-23(16-18)17-11-12-25-22(15-17)21-9-6-8-20-19-7-4-5-10-24(19)29(25)26(20)21/h4-16H,1-3H3. The van der Waals surface area contributed by atoms with E-state index >= 15 is 0 Å². The molecule has 0 N–H and O–H groups in total. The van der Waals surface area contributed by atoms with Crippen LogP contribution in [0.4, 0.5) is 0 Å². The number of rotatable bonds is 1. The van der Waals surface area contributed by atoms with E-state index < -0.39 is 0 Å². The van der Waals surface area contributed by atoms with Gasteiger partial charge < -0.3 is 4.40 Å². The molecule has 3 aromatic heterocycles. The molecule has 6 aromatic rings. The van der Waals surface area contributed by atoms with E-state index in [4.69, 9.17) is 0 Å². The van der Waals surface area contributed by atoms with Crippen molar-refractivity contribution in [3.8, 4) is 11.3 Å². The summed E-state index contributed by atoms with van der Waals surface area (Å²) in [7, 11) is 0. The van der Waals surface area contributed by atoms with Gasteiger partial charge in [-0.2, -0.15) is 0 Å². The van der Waals surface area contributed by atoms with E-state index in [0.717, 1.165) is 5.69 Å². The maximum Gasteiger partial charge on any atom is 0.0705 e. The predicted octanol–water partition coefficient (Wildman–Crippen LogP) is 7.20. The Bertz CT molecular complexity index is 1530. The number of benzene rings is 3. The smallest absolute Gasteiger partial charge is 0.0705 e. The van der Waals surface area contributed by atoms with Gasteiger partial charge in [0.15, 0.2) is 0 Å². The molecular weight excluding hydrogens is 352 g/mol. The normalized spacial score (nSPS) is 12.7. The molecule has 6 rings (SSSR count). The van der Waals surface area contributed by atoms with Crippen LogP contribution in [-0.2, 0) is 5.41 Å². The lowest BCUT2D eigenvalue weighted by molar-refractivity contribution is 0.589. The molecule has 0 spiro atoms. The van der Waals surface area contributed by atoms with Crippen molar-refractivity contribution >= 4 is 38.1 Å². The summed E-state index contributed by atoms with van der Waals surface area (Å²) in [5.41, 5.74) is 7.47. The van der Waals surface area contributed by atoms with E-state index in [1.165, 1.54) is 49.2 Å². The Morgan fingerprint density at radius 3 is 2.24 bits per heavy atom. The topological polar surface area (TPSA) is 17.3 Å². The lowest BCUT2D eigenvalue weighted by atomic mass is 9.87. The molecule has 0 unspecified atom stereocenters. The quantitative estimate of drug-likeness (QED) is 0.297. The van der Waals surface area contributed by atoms with Crippen molar-refractivity contribution in [2.75, 3.05) is 0 Å². The number of hydrogen-bond acceptors (Lipinski definition) is 1. The minimum absolute atomic E-state index is 0.108. The first-order valence-electron chi connectivity index (χ1n) is 10.2. The highest BCUT2D eigenvalue weighted by Gasteiger charge is 2.18. The van der Waals surface area contributed by atoms with Crippen molar-refractivity contribution in [2.45, 2.75) is 26.2 Å². The summed E-state index contributed by atoms with van der Waals surface area (Å²) in [6.45, 7) is 6.73. The van der Waals surface area contributed by atoms with Crippen LogP contribution >= 0.6 is 0 Å². The van der Waals surface area contributed by atoms with Crippen molar-refractivity contribution in [2.24, 2.45) is 0 Å². The fraction of sp³-hybridized carbons (Fsp3) is 0.148. The van der Waals surface area contributed by atoms with E-state index in [9.17, 15) is 0 Å². The summed E-state index contributed by atoms with van der Waals surface area (Å²) in [5.74, 6) is 0. The number of hydrogen-bond donors (Lipinski definition) is 0. The first-order chi connectivity index (χ1) is 14.0. The van der Waals surface area contributed by atoms with Gasteiger partial charge in [-0.25, -0.2) is 0 Å². The van der Waals surface area contributed by atoms with Gasteiger partial charge in [0.2, 0.25) is 0 Å². The van der Waals surface area contributed by atoms with Gasteiger partial charge in [-0.3, -0.25) is 4.98 Å². The zero-order valence-electron chi connectivity index (χ0n) is 16.9. The number of para-hydroxylation sites is 2. The second-order valence-corrected chi connectivity index (χ2v) is 8.97. The third kappa shape index (κ3) is 2.26. The Kier molecular flexibility index (Phi) is 3.18. The van der Waals surface area contributed by atoms with Crippen molar-refractivity contribution in [3.05, 3.63) is 84.6 Å². The molecule has 0 bridgehead atoms. The van der Waals surface area contributed by atoms with Crippen LogP contribution in [0.5, 0.6) is 0 Å². The van der Waals surface area contributed by atoms with Gasteiger partial charge in [-0.1, -0.05) is 63.2 Å². The van der Waals surface area contributed by atoms with Crippen LogP contribution in [-0.4, -0.2) is 9.38 Å². The number of fused-ring (bicyclic) bond motifs is 6. The van der Waals surface area contributed by atoms with Crippen LogP contribution < -0.4 is 0 Å². The highest BCUT2D eigenvalue weighted by Crippen LogP contribution is 2.40. The molecule has 0 aliphatic heterocycles. The minimum Gasteiger partial charge on any atom is -0.308 e. The van der Waals surface area contributed by atoms with E-state index in [0.29, 0.717) is 0 Å². The molecule has 2 heteroatoms. The Labute approximate surface area is 169 Å². The molecule has 0 aliphatic rings. The monoisotopic (exact) mass is 374 g/mol. The highest BCUT2D eigenvalue weighted by molar-refractivity contribution is 6.23. The molecule has 0 radical (unpaired) electrons. The fourth-order valence-electron chi connectivity index (χ4n) is 4.65.